The van der Waals surface area contributed by atoms with Crippen LogP contribution in [0, 0.1) is 0 Å². The van der Waals surface area contributed by atoms with Crippen molar-refractivity contribution in [1.29, 1.82) is 0 Å². The molecular formula is C17H17N5O5S. The van der Waals surface area contributed by atoms with Crippen LogP contribution in [0.25, 0.3) is 0 Å². The summed E-state index contributed by atoms with van der Waals surface area (Å²) in [5.74, 6) is -2.05. The molecule has 2 amide bonds. The van der Waals surface area contributed by atoms with Gasteiger partial charge in [0.15, 0.2) is 5.71 Å². The molecular weight excluding hydrogens is 386 g/mol. The first-order chi connectivity index (χ1) is 13.4. The summed E-state index contributed by atoms with van der Waals surface area (Å²) in [4.78, 5) is 46.6. The number of nitrogens with two attached hydrogens (primary N) is 1. The molecule has 3 heterocycles. The van der Waals surface area contributed by atoms with Crippen molar-refractivity contribution in [3.05, 3.63) is 47.9 Å². The monoisotopic (exact) mass is 403 g/mol. The zero-order chi connectivity index (χ0) is 20.4. The summed E-state index contributed by atoms with van der Waals surface area (Å²) in [6.45, 7) is 3.59. The van der Waals surface area contributed by atoms with Crippen LogP contribution in [0.15, 0.2) is 47.4 Å². The molecule has 1 fully saturated rings. The summed E-state index contributed by atoms with van der Waals surface area (Å²) in [5.41, 5.74) is 6.44. The molecule has 10 nitrogen and oxygen atoms in total. The number of nitrogens with zero attached hydrogens (tertiary/aromatic N) is 3. The fraction of sp³-hybridized carbons (Fsp3) is 0.235. The van der Waals surface area contributed by atoms with Crippen molar-refractivity contribution >= 4 is 40.9 Å². The second kappa shape index (κ2) is 7.72. The number of fused-ring (bicyclic) bond motifs is 1. The molecule has 3 rings (SSSR count). The number of hydrogen-bond donors (Lipinski definition) is 3. The van der Waals surface area contributed by atoms with Crippen molar-refractivity contribution in [3.8, 4) is 0 Å². The first-order valence-corrected chi connectivity index (χ1v) is 9.11. The summed E-state index contributed by atoms with van der Waals surface area (Å²) in [7, 11) is 1.28. The van der Waals surface area contributed by atoms with E-state index in [0.29, 0.717) is 17.0 Å². The van der Waals surface area contributed by atoms with E-state index in [9.17, 15) is 19.5 Å². The van der Waals surface area contributed by atoms with Gasteiger partial charge >= 0.3 is 5.97 Å². The van der Waals surface area contributed by atoms with Gasteiger partial charge in [-0.3, -0.25) is 19.5 Å². The van der Waals surface area contributed by atoms with Crippen LogP contribution < -0.4 is 11.1 Å². The fourth-order valence-electron chi connectivity index (χ4n) is 2.85. The average Bonchev–Trinajstić information content (AvgIpc) is 2.69. The van der Waals surface area contributed by atoms with E-state index in [-0.39, 0.29) is 17.1 Å². The second-order valence-corrected chi connectivity index (χ2v) is 6.95. The molecule has 0 saturated carbocycles. The molecule has 0 bridgehead atoms. The van der Waals surface area contributed by atoms with Crippen molar-refractivity contribution in [2.45, 2.75) is 11.4 Å². The Kier molecular flexibility index (Phi) is 5.36. The van der Waals surface area contributed by atoms with Crippen molar-refractivity contribution < 1.29 is 24.3 Å². The van der Waals surface area contributed by atoms with Gasteiger partial charge in [0.1, 0.15) is 24.2 Å². The van der Waals surface area contributed by atoms with E-state index >= 15 is 0 Å². The van der Waals surface area contributed by atoms with E-state index in [0.717, 1.165) is 4.90 Å². The molecule has 0 spiro atoms. The van der Waals surface area contributed by atoms with E-state index in [1.807, 2.05) is 0 Å². The van der Waals surface area contributed by atoms with E-state index < -0.39 is 29.2 Å². The molecule has 2 aliphatic heterocycles. The van der Waals surface area contributed by atoms with Gasteiger partial charge in [0, 0.05) is 5.75 Å². The zero-order valence-electron chi connectivity index (χ0n) is 14.8. The Morgan fingerprint density at radius 1 is 1.54 bits per heavy atom. The number of carboxylic acid groups (broad SMARTS) is 1. The minimum absolute atomic E-state index is 0.111. The quantitative estimate of drug-likeness (QED) is 0.340. The van der Waals surface area contributed by atoms with Crippen LogP contribution in [0.1, 0.15) is 5.69 Å². The van der Waals surface area contributed by atoms with Crippen molar-refractivity contribution in [1.82, 2.24) is 15.2 Å². The number of nitrogens with one attached hydrogen (secondary N) is 1. The lowest BCUT2D eigenvalue weighted by molar-refractivity contribution is -0.150. The molecule has 146 valence electrons. The van der Waals surface area contributed by atoms with Gasteiger partial charge in [0.05, 0.1) is 17.6 Å². The number of hydrogen-bond acceptors (Lipinski definition) is 8. The van der Waals surface area contributed by atoms with Crippen molar-refractivity contribution in [2.75, 3.05) is 18.6 Å². The lowest BCUT2D eigenvalue weighted by Crippen LogP contribution is -2.71. The molecule has 0 aliphatic carbocycles. The molecule has 4 N–H and O–H groups in total. The second-order valence-electron chi connectivity index (χ2n) is 5.84. The maximum absolute atomic E-state index is 12.7. The molecule has 28 heavy (non-hydrogen) atoms. The third-order valence-electron chi connectivity index (χ3n) is 4.16. The predicted octanol–water partition coefficient (Wildman–Crippen LogP) is -0.0611. The molecule has 1 unspecified atom stereocenters. The molecule has 0 radical (unpaired) electrons. The van der Waals surface area contributed by atoms with Crippen LogP contribution in [-0.2, 0) is 19.2 Å². The summed E-state index contributed by atoms with van der Waals surface area (Å²) >= 11 is 1.34. The number of carbonyl (C=O) groups excluding carboxylic acids is 2. The number of rotatable bonds is 6. The maximum Gasteiger partial charge on any atom is 0.352 e. The fourth-order valence-corrected chi connectivity index (χ4v) is 4.19. The van der Waals surface area contributed by atoms with Gasteiger partial charge in [-0.15, -0.1) is 11.8 Å². The standard InChI is InChI=1S/C17H17N5O5S/c1-3-8-7-28-16-12(15(24)22(16)13(8)17(25)26)20-14(23)11(21-27-2)10-5-4-9(18)6-19-10/h3-6,12,16H,1,7,18H2,2H3,(H,20,23)(H,25,26)/t12?,16-/m0/s1. The predicted molar refractivity (Wildman–Crippen MR) is 102 cm³/mol. The Labute approximate surface area is 164 Å². The van der Waals surface area contributed by atoms with Crippen LogP contribution in [0.3, 0.4) is 0 Å². The minimum Gasteiger partial charge on any atom is -0.477 e. The summed E-state index contributed by atoms with van der Waals surface area (Å²) in [6, 6.07) is 2.15. The Bertz CT molecular complexity index is 911. The number of oxime groups is 1. The Hall–Kier alpha value is -3.34. The number of carbonyl (C=O) groups is 3. The lowest BCUT2D eigenvalue weighted by Gasteiger charge is -2.49. The first-order valence-electron chi connectivity index (χ1n) is 8.06. The molecule has 2 atom stereocenters. The number of aliphatic carboxylic acids is 1. The zero-order valence-corrected chi connectivity index (χ0v) is 15.6. The van der Waals surface area contributed by atoms with Gasteiger partial charge in [0.2, 0.25) is 0 Å². The lowest BCUT2D eigenvalue weighted by atomic mass is 10.0. The third kappa shape index (κ3) is 3.31. The van der Waals surface area contributed by atoms with E-state index in [2.05, 4.69) is 22.0 Å². The largest absolute Gasteiger partial charge is 0.477 e. The van der Waals surface area contributed by atoms with Gasteiger partial charge in [-0.25, -0.2) is 4.79 Å². The Balaban J connectivity index is 1.80. The SMILES string of the molecule is C=CC1=C(C(=O)O)N2C(=O)C(NC(=O)C(=NOC)c3ccc(N)cn3)[C@@H]2SC1. The first kappa shape index (κ1) is 19.4. The van der Waals surface area contributed by atoms with Gasteiger partial charge in [-0.1, -0.05) is 17.8 Å². The van der Waals surface area contributed by atoms with Crippen LogP contribution in [-0.4, -0.2) is 62.8 Å². The topological polar surface area (TPSA) is 147 Å². The number of amides is 2. The Morgan fingerprint density at radius 3 is 2.86 bits per heavy atom. The number of nitrogen functional groups attached to an aromatic ring is 1. The van der Waals surface area contributed by atoms with Crippen molar-refractivity contribution in [3.63, 3.8) is 0 Å². The maximum atomic E-state index is 12.7. The van der Waals surface area contributed by atoms with Crippen LogP contribution >= 0.6 is 11.8 Å². The van der Waals surface area contributed by atoms with Gasteiger partial charge in [-0.05, 0) is 17.7 Å². The van der Waals surface area contributed by atoms with Crippen LogP contribution in [0.5, 0.6) is 0 Å². The van der Waals surface area contributed by atoms with Crippen LogP contribution in [0.4, 0.5) is 5.69 Å². The number of thioether (sulfide) groups is 1. The highest BCUT2D eigenvalue weighted by Crippen LogP contribution is 2.40. The molecule has 2 aliphatic rings. The average molecular weight is 403 g/mol. The normalized spacial score (nSPS) is 21.5. The summed E-state index contributed by atoms with van der Waals surface area (Å²) < 4.78 is 0. The number of pyridine rings is 1. The van der Waals surface area contributed by atoms with Gasteiger partial charge in [-0.2, -0.15) is 0 Å². The van der Waals surface area contributed by atoms with E-state index in [1.165, 1.54) is 37.2 Å². The molecule has 1 aromatic heterocycles. The molecule has 1 saturated heterocycles. The van der Waals surface area contributed by atoms with E-state index in [4.69, 9.17) is 10.6 Å². The molecule has 0 aromatic carbocycles. The highest BCUT2D eigenvalue weighted by Gasteiger charge is 2.54. The number of β-lactam (4-membered cyclic amide) rings is 1. The summed E-state index contributed by atoms with van der Waals surface area (Å²) in [5, 5.41) is 15.2. The molecule has 1 aromatic rings. The number of allylic oxidation sites excluding steroid dienone is 1. The molecule has 11 heteroatoms. The highest BCUT2D eigenvalue weighted by atomic mass is 32.2. The smallest absolute Gasteiger partial charge is 0.352 e. The number of anilines is 1. The number of carboxylic acids is 1. The minimum atomic E-state index is -1.22. The highest BCUT2D eigenvalue weighted by molar-refractivity contribution is 8.00. The van der Waals surface area contributed by atoms with Gasteiger partial charge in [0.25, 0.3) is 11.8 Å². The Morgan fingerprint density at radius 2 is 2.29 bits per heavy atom. The summed E-state index contributed by atoms with van der Waals surface area (Å²) in [6.07, 6.45) is 2.78. The van der Waals surface area contributed by atoms with Crippen molar-refractivity contribution in [2.24, 2.45) is 5.16 Å². The third-order valence-corrected chi connectivity index (χ3v) is 5.46. The van der Waals surface area contributed by atoms with Gasteiger partial charge < -0.3 is 21.0 Å². The van der Waals surface area contributed by atoms with Crippen LogP contribution in [0.2, 0.25) is 0 Å². The number of aromatic nitrogens is 1. The van der Waals surface area contributed by atoms with E-state index in [1.54, 1.807) is 6.07 Å².